The quantitative estimate of drug-likeness (QED) is 0.484. The molecule has 3 heteroatoms. The number of halogens is 1. The van der Waals surface area contributed by atoms with Crippen molar-refractivity contribution in [3.63, 3.8) is 0 Å². The van der Waals surface area contributed by atoms with Crippen molar-refractivity contribution in [2.24, 2.45) is 11.3 Å². The highest BCUT2D eigenvalue weighted by Gasteiger charge is 2.29. The summed E-state index contributed by atoms with van der Waals surface area (Å²) in [6.45, 7) is 13.5. The van der Waals surface area contributed by atoms with Crippen molar-refractivity contribution in [3.05, 3.63) is 0 Å². The molecule has 0 saturated heterocycles. The van der Waals surface area contributed by atoms with Gasteiger partial charge in [0.2, 0.25) is 0 Å². The molecule has 116 valence electrons. The lowest BCUT2D eigenvalue weighted by molar-refractivity contribution is 0.0964. The summed E-state index contributed by atoms with van der Waals surface area (Å²) in [6.07, 6.45) is 5.16. The van der Waals surface area contributed by atoms with Crippen molar-refractivity contribution < 1.29 is 4.74 Å². The fourth-order valence-electron chi connectivity index (χ4n) is 2.97. The predicted octanol–water partition coefficient (Wildman–Crippen LogP) is 4.57. The summed E-state index contributed by atoms with van der Waals surface area (Å²) < 4.78 is 5.27. The zero-order valence-corrected chi connectivity index (χ0v) is 15.3. The highest BCUT2D eigenvalue weighted by Crippen LogP contribution is 2.33. The fourth-order valence-corrected chi connectivity index (χ4v) is 3.70. The number of methoxy groups -OCH3 is 1. The third-order valence-corrected chi connectivity index (χ3v) is 4.83. The highest BCUT2D eigenvalue weighted by molar-refractivity contribution is 9.09. The van der Waals surface area contributed by atoms with Crippen molar-refractivity contribution in [3.8, 4) is 0 Å². The molecule has 0 radical (unpaired) electrons. The third kappa shape index (κ3) is 8.31. The molecule has 0 atom stereocenters. The summed E-state index contributed by atoms with van der Waals surface area (Å²) in [7, 11) is 1.80. The van der Waals surface area contributed by atoms with Gasteiger partial charge in [-0.25, -0.2) is 0 Å². The molecule has 0 bridgehead atoms. The van der Waals surface area contributed by atoms with Gasteiger partial charge in [-0.2, -0.15) is 0 Å². The molecule has 0 fully saturated rings. The zero-order valence-electron chi connectivity index (χ0n) is 13.7. The smallest absolute Gasteiger partial charge is 0.0589 e. The van der Waals surface area contributed by atoms with Crippen LogP contribution >= 0.6 is 15.9 Å². The minimum atomic E-state index is 0.437. The van der Waals surface area contributed by atoms with Crippen molar-refractivity contribution in [1.82, 2.24) is 4.90 Å². The molecule has 0 aliphatic heterocycles. The van der Waals surface area contributed by atoms with Crippen molar-refractivity contribution in [1.29, 1.82) is 0 Å². The van der Waals surface area contributed by atoms with Gasteiger partial charge in [-0.1, -0.05) is 56.5 Å². The largest absolute Gasteiger partial charge is 0.383 e. The molecule has 0 spiro atoms. The Morgan fingerprint density at radius 3 is 2.11 bits per heavy atom. The minimum absolute atomic E-state index is 0.437. The Labute approximate surface area is 129 Å². The zero-order chi connectivity index (χ0) is 14.7. The molecular weight excluding hydrogens is 302 g/mol. The van der Waals surface area contributed by atoms with E-state index in [-0.39, 0.29) is 0 Å². The first kappa shape index (κ1) is 19.4. The Morgan fingerprint density at radius 1 is 1.16 bits per heavy atom. The van der Waals surface area contributed by atoms with E-state index in [0.29, 0.717) is 11.3 Å². The summed E-state index contributed by atoms with van der Waals surface area (Å²) in [5.41, 5.74) is 0.437. The van der Waals surface area contributed by atoms with Crippen LogP contribution in [0.4, 0.5) is 0 Å². The van der Waals surface area contributed by atoms with Crippen LogP contribution in [0.15, 0.2) is 0 Å². The molecule has 0 aliphatic rings. The van der Waals surface area contributed by atoms with Crippen LogP contribution in [0.2, 0.25) is 0 Å². The molecule has 0 aromatic rings. The molecule has 19 heavy (non-hydrogen) atoms. The van der Waals surface area contributed by atoms with Gasteiger partial charge in [0.15, 0.2) is 0 Å². The Kier molecular flexibility index (Phi) is 11.3. The highest BCUT2D eigenvalue weighted by atomic mass is 79.9. The van der Waals surface area contributed by atoms with Crippen LogP contribution < -0.4 is 0 Å². The Hall–Kier alpha value is 0.400. The van der Waals surface area contributed by atoms with E-state index in [1.807, 2.05) is 0 Å². The molecule has 0 rings (SSSR count). The van der Waals surface area contributed by atoms with Crippen LogP contribution in [0.1, 0.15) is 53.4 Å². The lowest BCUT2D eigenvalue weighted by Gasteiger charge is -2.38. The van der Waals surface area contributed by atoms with Crippen LogP contribution in [0.3, 0.4) is 0 Å². The van der Waals surface area contributed by atoms with E-state index in [1.165, 1.54) is 38.8 Å². The monoisotopic (exact) mass is 335 g/mol. The van der Waals surface area contributed by atoms with Crippen molar-refractivity contribution >= 4 is 15.9 Å². The number of hydrogen-bond donors (Lipinski definition) is 0. The molecular formula is C16H34BrNO. The van der Waals surface area contributed by atoms with Crippen molar-refractivity contribution in [2.75, 3.05) is 38.7 Å². The average molecular weight is 336 g/mol. The van der Waals surface area contributed by atoms with Crippen LogP contribution in [-0.4, -0.2) is 43.6 Å². The van der Waals surface area contributed by atoms with E-state index in [1.54, 1.807) is 7.11 Å². The van der Waals surface area contributed by atoms with Crippen LogP contribution in [0, 0.1) is 11.3 Å². The lowest BCUT2D eigenvalue weighted by Crippen LogP contribution is -2.42. The van der Waals surface area contributed by atoms with Gasteiger partial charge in [-0.05, 0) is 24.2 Å². The van der Waals surface area contributed by atoms with E-state index in [0.717, 1.165) is 18.5 Å². The SMILES string of the molecule is CCCC(CBr)(CCC)CN(CCOC)CC(C)C. The van der Waals surface area contributed by atoms with Gasteiger partial charge in [-0.15, -0.1) is 0 Å². The summed E-state index contributed by atoms with van der Waals surface area (Å²) in [6, 6.07) is 0. The number of ether oxygens (including phenoxy) is 1. The summed E-state index contributed by atoms with van der Waals surface area (Å²) >= 11 is 3.78. The van der Waals surface area contributed by atoms with Gasteiger partial charge < -0.3 is 9.64 Å². The molecule has 0 unspecified atom stereocenters. The molecule has 0 aromatic carbocycles. The Bertz CT molecular complexity index is 203. The second-order valence-corrected chi connectivity index (χ2v) is 6.82. The topological polar surface area (TPSA) is 12.5 Å². The fraction of sp³-hybridized carbons (Fsp3) is 1.00. The lowest BCUT2D eigenvalue weighted by atomic mass is 9.80. The first-order chi connectivity index (χ1) is 9.03. The molecule has 0 heterocycles. The van der Waals surface area contributed by atoms with Gasteiger partial charge in [0.1, 0.15) is 0 Å². The summed E-state index contributed by atoms with van der Waals surface area (Å²) in [5, 5.41) is 1.11. The van der Waals surface area contributed by atoms with E-state index >= 15 is 0 Å². The average Bonchev–Trinajstić information content (AvgIpc) is 2.35. The van der Waals surface area contributed by atoms with Crippen molar-refractivity contribution in [2.45, 2.75) is 53.4 Å². The normalized spacial score (nSPS) is 12.6. The molecule has 0 N–H and O–H groups in total. The van der Waals surface area contributed by atoms with Crippen LogP contribution in [-0.2, 0) is 4.74 Å². The van der Waals surface area contributed by atoms with Gasteiger partial charge >= 0.3 is 0 Å². The van der Waals surface area contributed by atoms with Gasteiger partial charge in [-0.3, -0.25) is 0 Å². The first-order valence-corrected chi connectivity index (χ1v) is 8.93. The Morgan fingerprint density at radius 2 is 1.74 bits per heavy atom. The molecule has 2 nitrogen and oxygen atoms in total. The predicted molar refractivity (Wildman–Crippen MR) is 89.2 cm³/mol. The maximum atomic E-state index is 5.27. The van der Waals surface area contributed by atoms with Crippen LogP contribution in [0.5, 0.6) is 0 Å². The van der Waals surface area contributed by atoms with E-state index in [9.17, 15) is 0 Å². The Balaban J connectivity index is 4.68. The molecule has 0 saturated carbocycles. The number of alkyl halides is 1. The molecule has 0 aliphatic carbocycles. The standard InChI is InChI=1S/C16H34BrNO/c1-6-8-16(13-17,9-7-2)14-18(10-11-19-5)12-15(3)4/h15H,6-14H2,1-5H3. The molecule has 0 amide bonds. The van der Waals surface area contributed by atoms with E-state index < -0.39 is 0 Å². The summed E-state index contributed by atoms with van der Waals surface area (Å²) in [4.78, 5) is 2.60. The van der Waals surface area contributed by atoms with Gasteiger partial charge in [0, 0.05) is 32.1 Å². The minimum Gasteiger partial charge on any atom is -0.383 e. The second-order valence-electron chi connectivity index (χ2n) is 6.26. The second kappa shape index (κ2) is 11.1. The number of nitrogens with zero attached hydrogens (tertiary/aromatic N) is 1. The van der Waals surface area contributed by atoms with E-state index in [4.69, 9.17) is 4.74 Å². The van der Waals surface area contributed by atoms with Gasteiger partial charge in [0.05, 0.1) is 6.61 Å². The maximum absolute atomic E-state index is 5.27. The van der Waals surface area contributed by atoms with Crippen LogP contribution in [0.25, 0.3) is 0 Å². The maximum Gasteiger partial charge on any atom is 0.0589 e. The van der Waals surface area contributed by atoms with Gasteiger partial charge in [0.25, 0.3) is 0 Å². The number of rotatable bonds is 12. The number of hydrogen-bond acceptors (Lipinski definition) is 2. The van der Waals surface area contributed by atoms with E-state index in [2.05, 4.69) is 48.5 Å². The third-order valence-electron chi connectivity index (χ3n) is 3.64. The molecule has 0 aromatic heterocycles. The summed E-state index contributed by atoms with van der Waals surface area (Å²) in [5.74, 6) is 0.716. The first-order valence-electron chi connectivity index (χ1n) is 7.80.